The molecule has 1 aromatic carbocycles. The van der Waals surface area contributed by atoms with Crippen LogP contribution in [0.25, 0.3) is 22.6 Å². The van der Waals surface area contributed by atoms with Crippen LogP contribution in [0.3, 0.4) is 0 Å². The second-order valence-electron chi connectivity index (χ2n) is 10.5. The van der Waals surface area contributed by atoms with Crippen LogP contribution in [0.5, 0.6) is 0 Å². The zero-order valence-electron chi connectivity index (χ0n) is 23.3. The Morgan fingerprint density at radius 3 is 2.52 bits per heavy atom. The van der Waals surface area contributed by atoms with Gasteiger partial charge in [0.05, 0.1) is 42.6 Å². The lowest BCUT2D eigenvalue weighted by Crippen LogP contribution is -2.45. The van der Waals surface area contributed by atoms with Gasteiger partial charge in [0.1, 0.15) is 11.6 Å². The second-order valence-corrected chi connectivity index (χ2v) is 10.5. The lowest BCUT2D eigenvalue weighted by atomic mass is 10.1. The summed E-state index contributed by atoms with van der Waals surface area (Å²) in [6.07, 6.45) is 1.57. The molecule has 3 aromatic rings. The summed E-state index contributed by atoms with van der Waals surface area (Å²) in [7, 11) is 6.03. The van der Waals surface area contributed by atoms with Crippen molar-refractivity contribution in [3.8, 4) is 22.6 Å². The van der Waals surface area contributed by atoms with E-state index in [2.05, 4.69) is 32.1 Å². The Morgan fingerprint density at radius 2 is 1.82 bits per heavy atom. The van der Waals surface area contributed by atoms with Crippen LogP contribution < -0.4 is 10.2 Å². The van der Waals surface area contributed by atoms with Crippen molar-refractivity contribution in [2.75, 3.05) is 78.5 Å². The molecule has 12 heteroatoms. The van der Waals surface area contributed by atoms with Crippen LogP contribution in [-0.4, -0.2) is 116 Å². The number of imidazole rings is 1. The number of hydrogen-bond donors (Lipinski definition) is 2. The molecule has 1 amide bonds. The zero-order valence-corrected chi connectivity index (χ0v) is 23.3. The number of anilines is 1. The molecule has 2 aliphatic rings. The van der Waals surface area contributed by atoms with Crippen molar-refractivity contribution < 1.29 is 18.7 Å². The molecule has 0 radical (unpaired) electrons. The van der Waals surface area contributed by atoms with Gasteiger partial charge < -0.3 is 34.5 Å². The number of hydrogen-bond acceptors (Lipinski definition) is 9. The Labute approximate surface area is 233 Å². The molecule has 2 N–H and O–H groups in total. The maximum Gasteiger partial charge on any atom is 0.227 e. The molecule has 40 heavy (non-hydrogen) atoms. The number of aromatic nitrogens is 4. The van der Waals surface area contributed by atoms with Crippen molar-refractivity contribution in [3.63, 3.8) is 0 Å². The van der Waals surface area contributed by atoms with Crippen LogP contribution >= 0.6 is 0 Å². The van der Waals surface area contributed by atoms with Gasteiger partial charge in [0.15, 0.2) is 6.29 Å². The highest BCUT2D eigenvalue weighted by Gasteiger charge is 2.29. The lowest BCUT2D eigenvalue weighted by molar-refractivity contribution is -0.200. The third-order valence-electron chi connectivity index (χ3n) is 7.11. The third kappa shape index (κ3) is 7.00. The largest absolute Gasteiger partial charge is 0.354 e. The van der Waals surface area contributed by atoms with E-state index in [0.29, 0.717) is 41.8 Å². The molecule has 2 saturated heterocycles. The summed E-state index contributed by atoms with van der Waals surface area (Å²) in [6, 6.07) is 8.08. The van der Waals surface area contributed by atoms with E-state index in [4.69, 9.17) is 19.4 Å². The fourth-order valence-corrected chi connectivity index (χ4v) is 4.68. The molecule has 0 unspecified atom stereocenters. The number of likely N-dealkylation sites (N-methyl/N-ethyl adjacent to an activating group) is 2. The maximum atomic E-state index is 13.7. The molecule has 0 saturated carbocycles. The highest BCUT2D eigenvalue weighted by molar-refractivity contribution is 5.79. The predicted octanol–water partition coefficient (Wildman–Crippen LogP) is 1.63. The van der Waals surface area contributed by atoms with Gasteiger partial charge in [0.2, 0.25) is 11.9 Å². The third-order valence-corrected chi connectivity index (χ3v) is 7.11. The Balaban J connectivity index is 1.31. The van der Waals surface area contributed by atoms with E-state index in [1.54, 1.807) is 18.3 Å². The molecule has 0 aliphatic carbocycles. The van der Waals surface area contributed by atoms with E-state index >= 15 is 0 Å². The van der Waals surface area contributed by atoms with E-state index in [0.717, 1.165) is 38.3 Å². The summed E-state index contributed by atoms with van der Waals surface area (Å²) in [5, 5.41) is 2.93. The average Bonchev–Trinajstić information content (AvgIpc) is 3.38. The van der Waals surface area contributed by atoms with Crippen molar-refractivity contribution in [3.05, 3.63) is 48.2 Å². The minimum atomic E-state index is -0.544. The van der Waals surface area contributed by atoms with Gasteiger partial charge in [-0.25, -0.2) is 19.3 Å². The normalized spacial score (nSPS) is 20.2. The first-order chi connectivity index (χ1) is 19.4. The fraction of sp³-hybridized carbons (Fsp3) is 0.500. The van der Waals surface area contributed by atoms with Gasteiger partial charge in [-0.05, 0) is 51.5 Å². The fourth-order valence-electron chi connectivity index (χ4n) is 4.68. The monoisotopic (exact) mass is 552 g/mol. The van der Waals surface area contributed by atoms with Gasteiger partial charge >= 0.3 is 0 Å². The average molecular weight is 553 g/mol. The molecule has 214 valence electrons. The summed E-state index contributed by atoms with van der Waals surface area (Å²) in [5.74, 6) is 0.576. The smallest absolute Gasteiger partial charge is 0.227 e. The molecule has 11 nitrogen and oxygen atoms in total. The molecule has 4 heterocycles. The zero-order chi connectivity index (χ0) is 28.1. The topological polar surface area (TPSA) is 112 Å². The predicted molar refractivity (Wildman–Crippen MR) is 149 cm³/mol. The number of benzene rings is 1. The van der Waals surface area contributed by atoms with Crippen molar-refractivity contribution in [1.82, 2.24) is 35.1 Å². The van der Waals surface area contributed by atoms with Crippen molar-refractivity contribution >= 4 is 11.9 Å². The van der Waals surface area contributed by atoms with Crippen molar-refractivity contribution in [1.29, 1.82) is 0 Å². The van der Waals surface area contributed by atoms with Gasteiger partial charge in [0.25, 0.3) is 0 Å². The second kappa shape index (κ2) is 12.8. The Kier molecular flexibility index (Phi) is 9.00. The van der Waals surface area contributed by atoms with Gasteiger partial charge in [-0.15, -0.1) is 0 Å². The number of amides is 1. The standard InChI is InChI=1S/C28H37FN8O3/c1-35(2)11-10-30-27(38)20-17-39-24(40-18-20)16-23-33-25(19-4-6-21(29)7-5-19)26(34-23)22-8-9-31-28(32-22)37-14-12-36(3)13-15-37/h4-9,20,24H,10-18H2,1-3H3,(H,30,38)(H,33,34). The molecule has 0 spiro atoms. The van der Waals surface area contributed by atoms with E-state index in [1.807, 2.05) is 25.1 Å². The molecule has 2 fully saturated rings. The summed E-state index contributed by atoms with van der Waals surface area (Å²) < 4.78 is 25.5. The van der Waals surface area contributed by atoms with Gasteiger partial charge in [-0.2, -0.15) is 0 Å². The van der Waals surface area contributed by atoms with E-state index in [-0.39, 0.29) is 30.9 Å². The number of piperazine rings is 1. The highest BCUT2D eigenvalue weighted by atomic mass is 19.1. The van der Waals surface area contributed by atoms with Gasteiger partial charge in [0, 0.05) is 51.0 Å². The molecule has 2 aliphatic heterocycles. The summed E-state index contributed by atoms with van der Waals surface area (Å²) in [5.41, 5.74) is 2.83. The summed E-state index contributed by atoms with van der Waals surface area (Å²) >= 11 is 0. The number of halogens is 1. The first kappa shape index (κ1) is 28.1. The van der Waals surface area contributed by atoms with Crippen molar-refractivity contribution in [2.45, 2.75) is 12.7 Å². The molecular formula is C28H37FN8O3. The Bertz CT molecular complexity index is 1270. The van der Waals surface area contributed by atoms with Crippen LogP contribution in [0.1, 0.15) is 5.82 Å². The number of aromatic amines is 1. The molecule has 2 aromatic heterocycles. The number of carbonyl (C=O) groups excluding carboxylic acids is 1. The minimum absolute atomic E-state index is 0.0703. The van der Waals surface area contributed by atoms with Gasteiger partial charge in [-0.1, -0.05) is 0 Å². The quantitative estimate of drug-likeness (QED) is 0.409. The van der Waals surface area contributed by atoms with Crippen LogP contribution in [0, 0.1) is 11.7 Å². The number of nitrogens with zero attached hydrogens (tertiary/aromatic N) is 6. The van der Waals surface area contributed by atoms with Crippen molar-refractivity contribution in [2.24, 2.45) is 5.92 Å². The first-order valence-corrected chi connectivity index (χ1v) is 13.6. The molecule has 0 atom stereocenters. The van der Waals surface area contributed by atoms with E-state index < -0.39 is 6.29 Å². The van der Waals surface area contributed by atoms with Crippen LogP contribution in [-0.2, 0) is 20.7 Å². The number of rotatable bonds is 9. The SMILES string of the molecule is CN(C)CCNC(=O)C1COC(Cc2nc(-c3ccc(F)cc3)c(-c3ccnc(N4CCN(C)CC4)n3)[nH]2)OC1. The number of ether oxygens (including phenoxy) is 2. The number of carbonyl (C=O) groups is 1. The van der Waals surface area contributed by atoms with E-state index in [1.165, 1.54) is 12.1 Å². The van der Waals surface area contributed by atoms with Crippen LogP contribution in [0.15, 0.2) is 36.5 Å². The maximum absolute atomic E-state index is 13.7. The highest BCUT2D eigenvalue weighted by Crippen LogP contribution is 2.31. The molecular weight excluding hydrogens is 515 g/mol. The molecule has 5 rings (SSSR count). The van der Waals surface area contributed by atoms with E-state index in [9.17, 15) is 9.18 Å². The van der Waals surface area contributed by atoms with Crippen LogP contribution in [0.2, 0.25) is 0 Å². The summed E-state index contributed by atoms with van der Waals surface area (Å²) in [4.78, 5) is 36.5. The lowest BCUT2D eigenvalue weighted by Gasteiger charge is -2.32. The first-order valence-electron chi connectivity index (χ1n) is 13.6. The minimum Gasteiger partial charge on any atom is -0.354 e. The summed E-state index contributed by atoms with van der Waals surface area (Å²) in [6.45, 7) is 5.49. The number of H-pyrrole nitrogens is 1. The molecule has 0 bridgehead atoms. The Morgan fingerprint density at radius 1 is 1.10 bits per heavy atom. The number of nitrogens with one attached hydrogen (secondary N) is 2. The van der Waals surface area contributed by atoms with Gasteiger partial charge in [-0.3, -0.25) is 4.79 Å². The Hall–Kier alpha value is -3.45. The van der Waals surface area contributed by atoms with Crippen LogP contribution in [0.4, 0.5) is 10.3 Å².